The van der Waals surface area contributed by atoms with E-state index in [-0.39, 0.29) is 30.1 Å². The number of nitrogens with zero attached hydrogens (tertiary/aromatic N) is 3. The van der Waals surface area contributed by atoms with E-state index in [0.29, 0.717) is 24.4 Å². The molecule has 1 aliphatic carbocycles. The van der Waals surface area contributed by atoms with Gasteiger partial charge in [0.15, 0.2) is 5.96 Å². The van der Waals surface area contributed by atoms with Gasteiger partial charge in [0.25, 0.3) is 0 Å². The van der Waals surface area contributed by atoms with Crippen molar-refractivity contribution in [1.29, 1.82) is 0 Å². The van der Waals surface area contributed by atoms with Crippen LogP contribution < -0.4 is 15.4 Å². The molecule has 0 spiro atoms. The zero-order valence-electron chi connectivity index (χ0n) is 19.1. The summed E-state index contributed by atoms with van der Waals surface area (Å²) in [6.45, 7) is 12.5. The first-order valence-corrected chi connectivity index (χ1v) is 11.4. The monoisotopic (exact) mass is 529 g/mol. The van der Waals surface area contributed by atoms with Crippen LogP contribution >= 0.6 is 24.0 Å². The number of ether oxygens (including phenoxy) is 1. The van der Waals surface area contributed by atoms with Crippen molar-refractivity contribution in [2.24, 2.45) is 10.9 Å². The molecule has 1 aliphatic heterocycles. The zero-order valence-corrected chi connectivity index (χ0v) is 21.4. The predicted molar refractivity (Wildman–Crippen MR) is 135 cm³/mol. The standard InChI is InChI=1S/C23H39N5O.HI/c1-5-24-23(27-20-9-12-28(13-10-20)21-6-7-21)26-16-19-8-11-25-22(15-19)29-18(4)14-17(2)3;/h8,11,15,17-18,20-21H,5-7,9-10,12-14,16H2,1-4H3,(H2,24,26,27);1H. The molecule has 0 amide bonds. The van der Waals surface area contributed by atoms with Crippen LogP contribution in [0.2, 0.25) is 0 Å². The molecule has 6 nitrogen and oxygen atoms in total. The number of rotatable bonds is 9. The van der Waals surface area contributed by atoms with Crippen LogP contribution in [0, 0.1) is 5.92 Å². The van der Waals surface area contributed by atoms with E-state index < -0.39 is 0 Å². The van der Waals surface area contributed by atoms with E-state index in [9.17, 15) is 0 Å². The number of pyridine rings is 1. The molecule has 2 heterocycles. The fourth-order valence-electron chi connectivity index (χ4n) is 4.06. The Hall–Kier alpha value is -1.09. The number of halogens is 1. The first-order chi connectivity index (χ1) is 14.0. The van der Waals surface area contributed by atoms with Crippen LogP contribution in [0.1, 0.15) is 65.4 Å². The molecule has 30 heavy (non-hydrogen) atoms. The second-order valence-electron chi connectivity index (χ2n) is 8.94. The average Bonchev–Trinajstić information content (AvgIpc) is 3.52. The zero-order chi connectivity index (χ0) is 20.6. The van der Waals surface area contributed by atoms with Gasteiger partial charge in [0, 0.05) is 44.0 Å². The molecule has 2 aliphatic rings. The van der Waals surface area contributed by atoms with Crippen molar-refractivity contribution in [2.45, 2.75) is 84.5 Å². The van der Waals surface area contributed by atoms with Gasteiger partial charge in [-0.25, -0.2) is 9.98 Å². The highest BCUT2D eigenvalue weighted by Gasteiger charge is 2.31. The highest BCUT2D eigenvalue weighted by atomic mass is 127. The Morgan fingerprint density at radius 3 is 2.60 bits per heavy atom. The molecular weight excluding hydrogens is 489 g/mol. The summed E-state index contributed by atoms with van der Waals surface area (Å²) in [5.41, 5.74) is 1.12. The van der Waals surface area contributed by atoms with Gasteiger partial charge in [0.2, 0.25) is 5.88 Å². The Morgan fingerprint density at radius 1 is 1.23 bits per heavy atom. The first kappa shape index (κ1) is 25.2. The normalized spacial score (nSPS) is 19.3. The molecule has 3 rings (SSSR count). The third-order valence-electron chi connectivity index (χ3n) is 5.62. The number of hydrogen-bond acceptors (Lipinski definition) is 4. The molecular formula is C23H40IN5O. The molecule has 1 unspecified atom stereocenters. The van der Waals surface area contributed by atoms with Crippen molar-refractivity contribution in [3.63, 3.8) is 0 Å². The number of aromatic nitrogens is 1. The quantitative estimate of drug-likeness (QED) is 0.286. The molecule has 1 saturated carbocycles. The van der Waals surface area contributed by atoms with Crippen LogP contribution in [-0.2, 0) is 6.54 Å². The van der Waals surface area contributed by atoms with E-state index in [1.165, 1.54) is 38.8 Å². The van der Waals surface area contributed by atoms with Crippen LogP contribution in [-0.4, -0.2) is 53.7 Å². The van der Waals surface area contributed by atoms with Gasteiger partial charge in [-0.3, -0.25) is 0 Å². The number of nitrogens with one attached hydrogen (secondary N) is 2. The summed E-state index contributed by atoms with van der Waals surface area (Å²) in [5, 5.41) is 7.03. The van der Waals surface area contributed by atoms with E-state index >= 15 is 0 Å². The predicted octanol–water partition coefficient (Wildman–Crippen LogP) is 4.19. The summed E-state index contributed by atoms with van der Waals surface area (Å²) >= 11 is 0. The summed E-state index contributed by atoms with van der Waals surface area (Å²) in [4.78, 5) is 11.8. The van der Waals surface area contributed by atoms with Gasteiger partial charge in [-0.2, -0.15) is 0 Å². The van der Waals surface area contributed by atoms with Crippen molar-refractivity contribution >= 4 is 29.9 Å². The van der Waals surface area contributed by atoms with Gasteiger partial charge in [-0.15, -0.1) is 24.0 Å². The van der Waals surface area contributed by atoms with Gasteiger partial charge in [-0.05, 0) is 63.5 Å². The Labute approximate surface area is 199 Å². The molecule has 0 radical (unpaired) electrons. The number of guanidine groups is 1. The summed E-state index contributed by atoms with van der Waals surface area (Å²) in [6.07, 6.45) is 8.20. The molecule has 1 atom stereocenters. The van der Waals surface area contributed by atoms with Crippen LogP contribution in [0.5, 0.6) is 5.88 Å². The molecule has 1 aromatic heterocycles. The SMILES string of the molecule is CCNC(=NCc1ccnc(OC(C)CC(C)C)c1)NC1CCN(C2CC2)CC1.I. The maximum absolute atomic E-state index is 5.98. The molecule has 2 N–H and O–H groups in total. The Kier molecular flexibility index (Phi) is 10.6. The minimum atomic E-state index is 0. The Balaban J connectivity index is 0.00000320. The van der Waals surface area contributed by atoms with Crippen LogP contribution in [0.3, 0.4) is 0 Å². The van der Waals surface area contributed by atoms with Crippen molar-refractivity contribution in [1.82, 2.24) is 20.5 Å². The van der Waals surface area contributed by atoms with Crippen molar-refractivity contribution in [2.75, 3.05) is 19.6 Å². The molecule has 1 saturated heterocycles. The lowest BCUT2D eigenvalue weighted by atomic mass is 10.1. The molecule has 2 fully saturated rings. The lowest BCUT2D eigenvalue weighted by Crippen LogP contribution is -2.49. The summed E-state index contributed by atoms with van der Waals surface area (Å²) in [7, 11) is 0. The van der Waals surface area contributed by atoms with Crippen LogP contribution in [0.15, 0.2) is 23.3 Å². The van der Waals surface area contributed by atoms with Gasteiger partial charge in [0.05, 0.1) is 12.6 Å². The molecule has 170 valence electrons. The number of hydrogen-bond donors (Lipinski definition) is 2. The molecule has 7 heteroatoms. The van der Waals surface area contributed by atoms with Gasteiger partial charge in [0.1, 0.15) is 0 Å². The largest absolute Gasteiger partial charge is 0.475 e. The van der Waals surface area contributed by atoms with Crippen LogP contribution in [0.25, 0.3) is 0 Å². The van der Waals surface area contributed by atoms with E-state index in [1.54, 1.807) is 0 Å². The van der Waals surface area contributed by atoms with Crippen molar-refractivity contribution in [3.8, 4) is 5.88 Å². The molecule has 0 aromatic carbocycles. The third-order valence-corrected chi connectivity index (χ3v) is 5.62. The fourth-order valence-corrected chi connectivity index (χ4v) is 4.06. The lowest BCUT2D eigenvalue weighted by molar-refractivity contribution is 0.185. The van der Waals surface area contributed by atoms with E-state index in [1.807, 2.05) is 18.3 Å². The fraction of sp³-hybridized carbons (Fsp3) is 0.739. The maximum atomic E-state index is 5.98. The molecule has 0 bridgehead atoms. The second kappa shape index (κ2) is 12.7. The minimum absolute atomic E-state index is 0. The number of likely N-dealkylation sites (tertiary alicyclic amines) is 1. The number of aliphatic imine (C=N–C) groups is 1. The Bertz CT molecular complexity index is 657. The van der Waals surface area contributed by atoms with Gasteiger partial charge in [-0.1, -0.05) is 13.8 Å². The highest BCUT2D eigenvalue weighted by molar-refractivity contribution is 14.0. The smallest absolute Gasteiger partial charge is 0.213 e. The minimum Gasteiger partial charge on any atom is -0.475 e. The second-order valence-corrected chi connectivity index (χ2v) is 8.94. The first-order valence-electron chi connectivity index (χ1n) is 11.4. The summed E-state index contributed by atoms with van der Waals surface area (Å²) in [6, 6.07) is 5.42. The van der Waals surface area contributed by atoms with Crippen molar-refractivity contribution < 1.29 is 4.74 Å². The summed E-state index contributed by atoms with van der Waals surface area (Å²) in [5.74, 6) is 2.21. The number of piperidine rings is 1. The van der Waals surface area contributed by atoms with Crippen LogP contribution in [0.4, 0.5) is 0 Å². The van der Waals surface area contributed by atoms with E-state index in [0.717, 1.165) is 30.5 Å². The maximum Gasteiger partial charge on any atom is 0.213 e. The van der Waals surface area contributed by atoms with E-state index in [4.69, 9.17) is 9.73 Å². The van der Waals surface area contributed by atoms with E-state index in [2.05, 4.69) is 48.2 Å². The van der Waals surface area contributed by atoms with Gasteiger partial charge < -0.3 is 20.3 Å². The topological polar surface area (TPSA) is 61.8 Å². The van der Waals surface area contributed by atoms with Crippen molar-refractivity contribution in [3.05, 3.63) is 23.9 Å². The summed E-state index contributed by atoms with van der Waals surface area (Å²) < 4.78 is 5.98. The lowest BCUT2D eigenvalue weighted by Gasteiger charge is -2.33. The Morgan fingerprint density at radius 2 is 1.97 bits per heavy atom. The molecule has 1 aromatic rings. The third kappa shape index (κ3) is 8.57. The van der Waals surface area contributed by atoms with Gasteiger partial charge >= 0.3 is 0 Å². The highest BCUT2D eigenvalue weighted by Crippen LogP contribution is 2.29. The average molecular weight is 530 g/mol.